The summed E-state index contributed by atoms with van der Waals surface area (Å²) in [5, 5.41) is 1.23. The number of hydrogen-bond donors (Lipinski definition) is 0. The summed E-state index contributed by atoms with van der Waals surface area (Å²) in [6.07, 6.45) is 0. The number of amides is 1. The molecule has 2 aromatic carbocycles. The molecule has 1 amide bonds. The van der Waals surface area contributed by atoms with Crippen molar-refractivity contribution in [1.29, 1.82) is 0 Å². The van der Waals surface area contributed by atoms with Gasteiger partial charge < -0.3 is 9.64 Å². The Bertz CT molecular complexity index is 941. The van der Waals surface area contributed by atoms with Crippen molar-refractivity contribution in [2.75, 3.05) is 38.2 Å². The molecule has 148 valence electrons. The lowest BCUT2D eigenvalue weighted by molar-refractivity contribution is 0.0984. The van der Waals surface area contributed by atoms with Crippen molar-refractivity contribution >= 4 is 44.2 Å². The van der Waals surface area contributed by atoms with Gasteiger partial charge in [-0.15, -0.1) is 0 Å². The van der Waals surface area contributed by atoms with Crippen LogP contribution in [0, 0.1) is 0 Å². The van der Waals surface area contributed by atoms with Gasteiger partial charge in [0.15, 0.2) is 5.13 Å². The third kappa shape index (κ3) is 4.29. The van der Waals surface area contributed by atoms with Gasteiger partial charge in [0.2, 0.25) is 0 Å². The quantitative estimate of drug-likeness (QED) is 0.520. The molecule has 0 aliphatic rings. The summed E-state index contributed by atoms with van der Waals surface area (Å²) < 4.78 is 6.25. The van der Waals surface area contributed by atoms with E-state index in [1.54, 1.807) is 24.1 Å². The molecule has 1 aromatic heterocycles. The number of hydrogen-bond acceptors (Lipinski definition) is 5. The zero-order valence-corrected chi connectivity index (χ0v) is 17.9. The van der Waals surface area contributed by atoms with Crippen LogP contribution in [0.15, 0.2) is 42.5 Å². The van der Waals surface area contributed by atoms with Crippen LogP contribution in [0.1, 0.15) is 24.2 Å². The van der Waals surface area contributed by atoms with Crippen LogP contribution in [0.3, 0.4) is 0 Å². The number of ether oxygens (including phenoxy) is 1. The molecule has 0 spiro atoms. The van der Waals surface area contributed by atoms with Gasteiger partial charge in [-0.1, -0.05) is 55.0 Å². The van der Waals surface area contributed by atoms with Crippen LogP contribution in [0.4, 0.5) is 5.13 Å². The minimum Gasteiger partial charge on any atom is -0.494 e. The molecule has 3 rings (SSSR count). The maximum Gasteiger partial charge on any atom is 0.260 e. The van der Waals surface area contributed by atoms with Gasteiger partial charge in [0.1, 0.15) is 11.3 Å². The van der Waals surface area contributed by atoms with Gasteiger partial charge in [0, 0.05) is 18.7 Å². The smallest absolute Gasteiger partial charge is 0.260 e. The van der Waals surface area contributed by atoms with Crippen LogP contribution in [0.2, 0.25) is 5.02 Å². The van der Waals surface area contributed by atoms with Gasteiger partial charge in [-0.05, 0) is 37.4 Å². The number of carbonyl (C=O) groups is 1. The molecule has 0 N–H and O–H groups in total. The first-order chi connectivity index (χ1) is 13.6. The molecule has 1 heterocycles. The van der Waals surface area contributed by atoms with E-state index in [1.807, 2.05) is 30.3 Å². The van der Waals surface area contributed by atoms with Crippen LogP contribution in [0.25, 0.3) is 10.2 Å². The highest BCUT2D eigenvalue weighted by atomic mass is 35.5. The standard InChI is InChI=1S/C21H24ClN3O2S/c1-4-24(5-2)13-14-25(20(26)15-9-7-6-8-10-15)21-23-18-17(27-3)12-11-16(22)19(18)28-21/h6-12H,4-5,13-14H2,1-3H3. The molecule has 0 atom stereocenters. The van der Waals surface area contributed by atoms with Gasteiger partial charge in [0.05, 0.1) is 16.8 Å². The number of fused-ring (bicyclic) bond motifs is 1. The van der Waals surface area contributed by atoms with Crippen LogP contribution in [-0.2, 0) is 0 Å². The number of anilines is 1. The molecule has 0 fully saturated rings. The summed E-state index contributed by atoms with van der Waals surface area (Å²) in [4.78, 5) is 22.0. The second-order valence-electron chi connectivity index (χ2n) is 6.27. The van der Waals surface area contributed by atoms with Crippen molar-refractivity contribution in [3.05, 3.63) is 53.1 Å². The fourth-order valence-electron chi connectivity index (χ4n) is 3.02. The van der Waals surface area contributed by atoms with Gasteiger partial charge in [0.25, 0.3) is 5.91 Å². The summed E-state index contributed by atoms with van der Waals surface area (Å²) in [5.41, 5.74) is 1.32. The number of methoxy groups -OCH3 is 1. The molecule has 7 heteroatoms. The molecule has 5 nitrogen and oxygen atoms in total. The van der Waals surface area contributed by atoms with Gasteiger partial charge >= 0.3 is 0 Å². The predicted octanol–water partition coefficient (Wildman–Crippen LogP) is 4.95. The molecular weight excluding hydrogens is 394 g/mol. The van der Waals surface area contributed by atoms with E-state index in [-0.39, 0.29) is 5.91 Å². The van der Waals surface area contributed by atoms with Crippen LogP contribution >= 0.6 is 22.9 Å². The van der Waals surface area contributed by atoms with E-state index in [9.17, 15) is 4.79 Å². The molecule has 0 saturated carbocycles. The highest BCUT2D eigenvalue weighted by Gasteiger charge is 2.23. The third-order valence-electron chi connectivity index (χ3n) is 4.70. The van der Waals surface area contributed by atoms with Crippen molar-refractivity contribution in [2.45, 2.75) is 13.8 Å². The predicted molar refractivity (Wildman–Crippen MR) is 117 cm³/mol. The number of benzene rings is 2. The van der Waals surface area contributed by atoms with Crippen LogP contribution in [-0.4, -0.2) is 49.1 Å². The Morgan fingerprint density at radius 2 is 1.82 bits per heavy atom. The Morgan fingerprint density at radius 1 is 1.11 bits per heavy atom. The summed E-state index contributed by atoms with van der Waals surface area (Å²) in [6.45, 7) is 7.43. The van der Waals surface area contributed by atoms with Crippen molar-refractivity contribution in [1.82, 2.24) is 9.88 Å². The second-order valence-corrected chi connectivity index (χ2v) is 7.66. The largest absolute Gasteiger partial charge is 0.494 e. The average molecular weight is 418 g/mol. The number of aromatic nitrogens is 1. The van der Waals surface area contributed by atoms with E-state index in [4.69, 9.17) is 21.3 Å². The topological polar surface area (TPSA) is 45.7 Å². The van der Waals surface area contributed by atoms with Gasteiger partial charge in [-0.3, -0.25) is 9.69 Å². The zero-order valence-electron chi connectivity index (χ0n) is 16.3. The first-order valence-electron chi connectivity index (χ1n) is 9.31. The molecule has 0 radical (unpaired) electrons. The molecule has 0 saturated heterocycles. The van der Waals surface area contributed by atoms with Crippen molar-refractivity contribution in [2.24, 2.45) is 0 Å². The summed E-state index contributed by atoms with van der Waals surface area (Å²) in [5.74, 6) is 0.583. The van der Waals surface area contributed by atoms with E-state index in [1.165, 1.54) is 11.3 Å². The van der Waals surface area contributed by atoms with Crippen LogP contribution < -0.4 is 9.64 Å². The number of halogens is 1. The highest BCUT2D eigenvalue weighted by molar-refractivity contribution is 7.23. The van der Waals surface area contributed by atoms with E-state index in [0.29, 0.717) is 33.5 Å². The van der Waals surface area contributed by atoms with E-state index in [0.717, 1.165) is 24.3 Å². The Kier molecular flexibility index (Phi) is 6.88. The number of carbonyl (C=O) groups excluding carboxylic acids is 1. The lowest BCUT2D eigenvalue weighted by Crippen LogP contribution is -2.38. The molecule has 0 unspecified atom stereocenters. The Morgan fingerprint density at radius 3 is 2.46 bits per heavy atom. The fraction of sp³-hybridized carbons (Fsp3) is 0.333. The van der Waals surface area contributed by atoms with Gasteiger partial charge in [-0.25, -0.2) is 4.98 Å². The lowest BCUT2D eigenvalue weighted by atomic mass is 10.2. The molecule has 0 bridgehead atoms. The molecule has 0 aliphatic heterocycles. The average Bonchev–Trinajstić information content (AvgIpc) is 3.18. The zero-order chi connectivity index (χ0) is 20.1. The van der Waals surface area contributed by atoms with E-state index < -0.39 is 0 Å². The normalized spacial score (nSPS) is 11.2. The fourth-order valence-corrected chi connectivity index (χ4v) is 4.30. The summed E-state index contributed by atoms with van der Waals surface area (Å²) in [7, 11) is 1.61. The second kappa shape index (κ2) is 9.37. The highest BCUT2D eigenvalue weighted by Crippen LogP contribution is 2.39. The summed E-state index contributed by atoms with van der Waals surface area (Å²) >= 11 is 7.79. The number of nitrogens with zero attached hydrogens (tertiary/aromatic N) is 3. The lowest BCUT2D eigenvalue weighted by Gasteiger charge is -2.24. The van der Waals surface area contributed by atoms with Crippen LogP contribution in [0.5, 0.6) is 5.75 Å². The Balaban J connectivity index is 2.02. The number of thiazole rings is 1. The molecule has 0 aliphatic carbocycles. The Hall–Kier alpha value is -2.15. The third-order valence-corrected chi connectivity index (χ3v) is 6.24. The number of rotatable bonds is 8. The van der Waals surface area contributed by atoms with Crippen molar-refractivity contribution < 1.29 is 9.53 Å². The summed E-state index contributed by atoms with van der Waals surface area (Å²) in [6, 6.07) is 12.9. The van der Waals surface area contributed by atoms with E-state index in [2.05, 4.69) is 18.7 Å². The van der Waals surface area contributed by atoms with Gasteiger partial charge in [-0.2, -0.15) is 0 Å². The van der Waals surface area contributed by atoms with Crippen molar-refractivity contribution in [3.8, 4) is 5.75 Å². The molecular formula is C21H24ClN3O2S. The first-order valence-corrected chi connectivity index (χ1v) is 10.5. The monoisotopic (exact) mass is 417 g/mol. The maximum absolute atomic E-state index is 13.3. The maximum atomic E-state index is 13.3. The Labute approximate surface area is 174 Å². The first kappa shape index (κ1) is 20.6. The van der Waals surface area contributed by atoms with Crippen molar-refractivity contribution in [3.63, 3.8) is 0 Å². The van der Waals surface area contributed by atoms with E-state index >= 15 is 0 Å². The number of likely N-dealkylation sites (N-methyl/N-ethyl adjacent to an activating group) is 1. The SMILES string of the molecule is CCN(CC)CCN(C(=O)c1ccccc1)c1nc2c(OC)ccc(Cl)c2s1. The molecule has 28 heavy (non-hydrogen) atoms. The minimum atomic E-state index is -0.0677. The molecule has 3 aromatic rings. The minimum absolute atomic E-state index is 0.0677.